The van der Waals surface area contributed by atoms with Gasteiger partial charge in [0.1, 0.15) is 0 Å². The van der Waals surface area contributed by atoms with Crippen molar-refractivity contribution in [2.75, 3.05) is 7.11 Å². The highest BCUT2D eigenvalue weighted by Crippen LogP contribution is 2.43. The van der Waals surface area contributed by atoms with Gasteiger partial charge in [0, 0.05) is 12.1 Å². The van der Waals surface area contributed by atoms with Crippen molar-refractivity contribution < 1.29 is 19.4 Å². The number of carbonyl (C=O) groups excluding carboxylic acids is 2. The molecule has 0 aromatic rings. The average Bonchev–Trinajstić information content (AvgIpc) is 2.56. The van der Waals surface area contributed by atoms with Crippen LogP contribution in [0.3, 0.4) is 0 Å². The zero-order valence-corrected chi connectivity index (χ0v) is 9.27. The number of amides is 1. The van der Waals surface area contributed by atoms with Crippen LogP contribution in [0.5, 0.6) is 0 Å². The summed E-state index contributed by atoms with van der Waals surface area (Å²) in [5.41, 5.74) is 0.454. The molecular formula is C11H15NO4. The summed E-state index contributed by atoms with van der Waals surface area (Å²) < 4.78 is 4.66. The van der Waals surface area contributed by atoms with Gasteiger partial charge >= 0.3 is 5.97 Å². The monoisotopic (exact) mass is 225 g/mol. The first kappa shape index (κ1) is 11.1. The molecule has 2 aliphatic rings. The summed E-state index contributed by atoms with van der Waals surface area (Å²) in [6.07, 6.45) is 1.31. The van der Waals surface area contributed by atoms with Crippen LogP contribution in [0.25, 0.3) is 0 Å². The van der Waals surface area contributed by atoms with Crippen LogP contribution < -0.4 is 5.32 Å². The molecule has 0 spiro atoms. The van der Waals surface area contributed by atoms with E-state index in [0.717, 1.165) is 0 Å². The normalized spacial score (nSPS) is 37.4. The van der Waals surface area contributed by atoms with Crippen molar-refractivity contribution in [1.29, 1.82) is 0 Å². The Balaban J connectivity index is 2.31. The summed E-state index contributed by atoms with van der Waals surface area (Å²) >= 11 is 0. The van der Waals surface area contributed by atoms with E-state index < -0.39 is 12.1 Å². The quantitative estimate of drug-likeness (QED) is 0.606. The van der Waals surface area contributed by atoms with Gasteiger partial charge in [-0.3, -0.25) is 4.79 Å². The molecule has 0 radical (unpaired) electrons. The Labute approximate surface area is 93.5 Å². The Kier molecular flexibility index (Phi) is 2.71. The summed E-state index contributed by atoms with van der Waals surface area (Å²) in [5.74, 6) is -1.23. The van der Waals surface area contributed by atoms with Gasteiger partial charge in [-0.2, -0.15) is 0 Å². The smallest absolute Gasteiger partial charge is 0.335 e. The van der Waals surface area contributed by atoms with E-state index in [1.807, 2.05) is 6.92 Å². The first-order valence-corrected chi connectivity index (χ1v) is 5.33. The Hall–Kier alpha value is -1.36. The highest BCUT2D eigenvalue weighted by molar-refractivity contribution is 5.94. The van der Waals surface area contributed by atoms with Crippen LogP contribution in [-0.2, 0) is 14.3 Å². The van der Waals surface area contributed by atoms with E-state index in [-0.39, 0.29) is 23.7 Å². The van der Waals surface area contributed by atoms with Crippen LogP contribution in [0.1, 0.15) is 13.3 Å². The number of esters is 1. The molecule has 2 N–H and O–H groups in total. The maximum Gasteiger partial charge on any atom is 0.335 e. The molecule has 0 unspecified atom stereocenters. The molecule has 0 aromatic heterocycles. The molecular weight excluding hydrogens is 210 g/mol. The van der Waals surface area contributed by atoms with Crippen molar-refractivity contribution in [3.8, 4) is 0 Å². The van der Waals surface area contributed by atoms with Gasteiger partial charge in [-0.05, 0) is 12.3 Å². The van der Waals surface area contributed by atoms with Gasteiger partial charge < -0.3 is 15.2 Å². The number of ether oxygens (including phenoxy) is 1. The number of hydrogen-bond donors (Lipinski definition) is 2. The van der Waals surface area contributed by atoms with Gasteiger partial charge in [0.15, 0.2) is 0 Å². The van der Waals surface area contributed by atoms with Crippen molar-refractivity contribution in [1.82, 2.24) is 5.32 Å². The van der Waals surface area contributed by atoms with E-state index in [1.54, 1.807) is 0 Å². The van der Waals surface area contributed by atoms with Crippen molar-refractivity contribution in [2.45, 2.75) is 19.4 Å². The minimum absolute atomic E-state index is 0.123. The van der Waals surface area contributed by atoms with Gasteiger partial charge in [-0.15, -0.1) is 0 Å². The summed E-state index contributed by atoms with van der Waals surface area (Å²) in [6, 6.07) is 0. The van der Waals surface area contributed by atoms with E-state index in [4.69, 9.17) is 0 Å². The third-order valence-electron chi connectivity index (χ3n) is 3.60. The fourth-order valence-electron chi connectivity index (χ4n) is 2.65. The molecule has 16 heavy (non-hydrogen) atoms. The molecule has 1 aliphatic carbocycles. The van der Waals surface area contributed by atoms with Crippen LogP contribution in [0, 0.1) is 17.8 Å². The van der Waals surface area contributed by atoms with Crippen molar-refractivity contribution in [3.63, 3.8) is 0 Å². The molecule has 0 saturated heterocycles. The first-order chi connectivity index (χ1) is 7.56. The average molecular weight is 225 g/mol. The molecule has 1 heterocycles. The van der Waals surface area contributed by atoms with E-state index in [2.05, 4.69) is 10.1 Å². The largest absolute Gasteiger partial charge is 0.466 e. The molecule has 4 atom stereocenters. The lowest BCUT2D eigenvalue weighted by Gasteiger charge is -2.26. The first-order valence-electron chi connectivity index (χ1n) is 5.33. The van der Waals surface area contributed by atoms with E-state index in [0.29, 0.717) is 12.0 Å². The third kappa shape index (κ3) is 1.51. The van der Waals surface area contributed by atoms with Crippen LogP contribution in [0.4, 0.5) is 0 Å². The number of fused-ring (bicyclic) bond motifs is 1. The second-order valence-corrected chi connectivity index (χ2v) is 4.39. The second-order valence-electron chi connectivity index (χ2n) is 4.39. The number of hydrogen-bond acceptors (Lipinski definition) is 4. The van der Waals surface area contributed by atoms with E-state index >= 15 is 0 Å². The van der Waals surface area contributed by atoms with Gasteiger partial charge in [-0.1, -0.05) is 6.92 Å². The molecule has 1 amide bonds. The molecule has 0 aromatic carbocycles. The van der Waals surface area contributed by atoms with Crippen LogP contribution >= 0.6 is 0 Å². The molecule has 1 fully saturated rings. The molecule has 88 valence electrons. The summed E-state index contributed by atoms with van der Waals surface area (Å²) in [4.78, 5) is 23.2. The number of rotatable bonds is 1. The summed E-state index contributed by atoms with van der Waals surface area (Å²) in [5, 5.41) is 12.3. The standard InChI is InChI=1S/C11H15NO4/c1-5-8(13)3-6-7(11(15)16-2)4-12-10(14)9(5)6/h4-6,8-9,13H,3H2,1-2H3,(H,12,14)/t5-,6+,8-,9+/m0/s1. The summed E-state index contributed by atoms with van der Waals surface area (Å²) in [6.45, 7) is 1.83. The molecule has 1 aliphatic heterocycles. The number of aliphatic hydroxyl groups excluding tert-OH is 1. The highest BCUT2D eigenvalue weighted by Gasteiger charge is 2.48. The zero-order chi connectivity index (χ0) is 11.9. The molecule has 1 saturated carbocycles. The molecule has 2 rings (SSSR count). The van der Waals surface area contributed by atoms with Crippen molar-refractivity contribution in [3.05, 3.63) is 11.8 Å². The number of carbonyl (C=O) groups is 2. The summed E-state index contributed by atoms with van der Waals surface area (Å²) in [7, 11) is 1.31. The van der Waals surface area contributed by atoms with Crippen molar-refractivity contribution >= 4 is 11.9 Å². The van der Waals surface area contributed by atoms with Crippen LogP contribution in [0.2, 0.25) is 0 Å². The van der Waals surface area contributed by atoms with Gasteiger partial charge in [0.2, 0.25) is 5.91 Å². The zero-order valence-electron chi connectivity index (χ0n) is 9.27. The predicted molar refractivity (Wildman–Crippen MR) is 55.0 cm³/mol. The lowest BCUT2D eigenvalue weighted by molar-refractivity contribution is -0.137. The number of nitrogens with one attached hydrogen (secondary N) is 1. The lowest BCUT2D eigenvalue weighted by atomic mass is 9.82. The fraction of sp³-hybridized carbons (Fsp3) is 0.636. The minimum atomic E-state index is -0.535. The Bertz CT molecular complexity index is 363. The Morgan fingerprint density at radius 1 is 1.62 bits per heavy atom. The van der Waals surface area contributed by atoms with Crippen LogP contribution in [-0.4, -0.2) is 30.2 Å². The Morgan fingerprint density at radius 3 is 2.94 bits per heavy atom. The van der Waals surface area contributed by atoms with Gasteiger partial charge in [-0.25, -0.2) is 4.79 Å². The molecule has 5 nitrogen and oxygen atoms in total. The van der Waals surface area contributed by atoms with Gasteiger partial charge in [0.25, 0.3) is 0 Å². The number of aliphatic hydroxyl groups is 1. The van der Waals surface area contributed by atoms with Crippen molar-refractivity contribution in [2.24, 2.45) is 17.8 Å². The second kappa shape index (κ2) is 3.90. The maximum absolute atomic E-state index is 11.7. The Morgan fingerprint density at radius 2 is 2.31 bits per heavy atom. The maximum atomic E-state index is 11.7. The van der Waals surface area contributed by atoms with E-state index in [1.165, 1.54) is 13.3 Å². The van der Waals surface area contributed by atoms with Gasteiger partial charge in [0.05, 0.1) is 24.7 Å². The highest BCUT2D eigenvalue weighted by atomic mass is 16.5. The minimum Gasteiger partial charge on any atom is -0.466 e. The third-order valence-corrected chi connectivity index (χ3v) is 3.60. The number of methoxy groups -OCH3 is 1. The predicted octanol–water partition coefficient (Wildman–Crippen LogP) is -0.194. The SMILES string of the molecule is COC(=O)C1=CNC(=O)[C@@H]2[C@@H](C)[C@@H](O)C[C@H]12. The molecule has 5 heteroatoms. The topological polar surface area (TPSA) is 75.6 Å². The fourth-order valence-corrected chi connectivity index (χ4v) is 2.65. The lowest BCUT2D eigenvalue weighted by Crippen LogP contribution is -2.39. The molecule has 0 bridgehead atoms. The van der Waals surface area contributed by atoms with E-state index in [9.17, 15) is 14.7 Å². The van der Waals surface area contributed by atoms with Crippen LogP contribution in [0.15, 0.2) is 11.8 Å².